The summed E-state index contributed by atoms with van der Waals surface area (Å²) in [6.45, 7) is -0.176. The second kappa shape index (κ2) is 4.19. The quantitative estimate of drug-likeness (QED) is 0.776. The van der Waals surface area contributed by atoms with Crippen molar-refractivity contribution in [2.24, 2.45) is 0 Å². The summed E-state index contributed by atoms with van der Waals surface area (Å²) in [7, 11) is 1.18. The van der Waals surface area contributed by atoms with E-state index in [1.807, 2.05) is 0 Å². The number of rotatable bonds is 1. The van der Waals surface area contributed by atoms with E-state index in [2.05, 4.69) is 0 Å². The van der Waals surface area contributed by atoms with Crippen molar-refractivity contribution >= 4 is 11.6 Å². The number of benzene rings is 1. The van der Waals surface area contributed by atoms with Crippen LogP contribution in [0.3, 0.4) is 0 Å². The first-order valence-electron chi connectivity index (χ1n) is 5.97. The van der Waals surface area contributed by atoms with Crippen LogP contribution in [0, 0.1) is 0 Å². The molecule has 0 N–H and O–H groups in total. The average Bonchev–Trinajstić information content (AvgIpc) is 2.78. The number of anilines is 1. The van der Waals surface area contributed by atoms with Crippen molar-refractivity contribution in [3.63, 3.8) is 0 Å². The van der Waals surface area contributed by atoms with E-state index in [0.29, 0.717) is 18.5 Å². The molecule has 2 rings (SSSR count). The molecule has 1 aliphatic rings. The van der Waals surface area contributed by atoms with E-state index in [1.54, 1.807) is 0 Å². The molecule has 0 fully saturated rings. The molecule has 0 spiro atoms. The molecule has 0 aliphatic carbocycles. The number of ether oxygens (including phenoxy) is 1. The minimum absolute atomic E-state index is 0.227. The molecule has 0 bridgehead atoms. The zero-order valence-corrected chi connectivity index (χ0v) is 9.67. The van der Waals surface area contributed by atoms with Crippen LogP contribution in [0.2, 0.25) is 0 Å². The van der Waals surface area contributed by atoms with Crippen LogP contribution in [0.1, 0.15) is 19.4 Å². The van der Waals surface area contributed by atoms with Gasteiger partial charge in [-0.05, 0) is 24.1 Å². The molecule has 0 aromatic heterocycles. The summed E-state index contributed by atoms with van der Waals surface area (Å²) in [6.07, 6.45) is -4.08. The molecule has 1 aromatic carbocycles. The Balaban J connectivity index is 2.52. The lowest BCUT2D eigenvalue weighted by Gasteiger charge is -2.18. The fourth-order valence-electron chi connectivity index (χ4n) is 2.06. The number of fused-ring (bicyclic) bond motifs is 1. The third-order valence-corrected chi connectivity index (χ3v) is 2.90. The molecular weight excluding hydrogens is 247 g/mol. The molecule has 0 atom stereocenters. The van der Waals surface area contributed by atoms with Gasteiger partial charge in [0.2, 0.25) is 5.91 Å². The third-order valence-electron chi connectivity index (χ3n) is 2.90. The minimum atomic E-state index is -4.54. The molecule has 1 aromatic rings. The average molecular weight is 260 g/mol. The monoisotopic (exact) mass is 260 g/mol. The van der Waals surface area contributed by atoms with Crippen LogP contribution in [0.25, 0.3) is 0 Å². The number of hydrogen-bond acceptors (Lipinski definition) is 2. The van der Waals surface area contributed by atoms with Crippen molar-refractivity contribution in [2.75, 3.05) is 18.6 Å². The molecule has 0 saturated heterocycles. The van der Waals surface area contributed by atoms with E-state index in [-0.39, 0.29) is 11.4 Å². The highest BCUT2D eigenvalue weighted by Gasteiger charge is 2.37. The Morgan fingerprint density at radius 1 is 1.50 bits per heavy atom. The van der Waals surface area contributed by atoms with E-state index in [4.69, 9.17) is 6.11 Å². The van der Waals surface area contributed by atoms with Gasteiger partial charge in [-0.1, -0.05) is 0 Å². The molecule has 3 nitrogen and oxygen atoms in total. The number of amides is 1. The zero-order chi connectivity index (χ0) is 14.2. The summed E-state index contributed by atoms with van der Waals surface area (Å²) in [5.41, 5.74) is -0.0459. The van der Waals surface area contributed by atoms with Gasteiger partial charge in [0, 0.05) is 20.5 Å². The Labute approximate surface area is 104 Å². The summed E-state index contributed by atoms with van der Waals surface area (Å²) in [5.74, 6) is -0.747. The van der Waals surface area contributed by atoms with Gasteiger partial charge in [0.25, 0.3) is 0 Å². The predicted molar refractivity (Wildman–Crippen MR) is 59.7 cm³/mol. The van der Waals surface area contributed by atoms with Crippen molar-refractivity contribution in [3.8, 4) is 5.75 Å². The Morgan fingerprint density at radius 2 is 2.22 bits per heavy atom. The molecule has 6 heteroatoms. The number of hydrogen-bond donors (Lipinski definition) is 0. The number of methoxy groups -OCH3 is 1. The largest absolute Gasteiger partial charge is 0.496 e. The van der Waals surface area contributed by atoms with Gasteiger partial charge in [-0.25, -0.2) is 0 Å². The highest BCUT2D eigenvalue weighted by Crippen LogP contribution is 2.42. The van der Waals surface area contributed by atoms with Crippen LogP contribution in [-0.4, -0.2) is 19.6 Å². The Hall–Kier alpha value is -1.72. The molecule has 1 amide bonds. The number of nitrogens with zero attached hydrogens (tertiary/aromatic N) is 1. The summed E-state index contributed by atoms with van der Waals surface area (Å²) in [4.78, 5) is 12.7. The van der Waals surface area contributed by atoms with Gasteiger partial charge in [-0.2, -0.15) is 13.2 Å². The maximum Gasteiger partial charge on any atom is 0.420 e. The van der Waals surface area contributed by atoms with Crippen molar-refractivity contribution in [2.45, 2.75) is 19.5 Å². The van der Waals surface area contributed by atoms with E-state index in [1.165, 1.54) is 18.1 Å². The third kappa shape index (κ3) is 2.02. The number of carbonyl (C=O) groups is 1. The van der Waals surface area contributed by atoms with Crippen LogP contribution in [0.15, 0.2) is 12.1 Å². The SMILES string of the molecule is [2H]CC(=O)N1CCc2cc(OC)c(C(F)(F)F)cc21. The van der Waals surface area contributed by atoms with E-state index < -0.39 is 24.5 Å². The minimum Gasteiger partial charge on any atom is -0.496 e. The van der Waals surface area contributed by atoms with Gasteiger partial charge in [0.05, 0.1) is 12.7 Å². The first kappa shape index (κ1) is 11.4. The van der Waals surface area contributed by atoms with Gasteiger partial charge in [-0.15, -0.1) is 0 Å². The molecule has 98 valence electrons. The highest BCUT2D eigenvalue weighted by atomic mass is 19.4. The van der Waals surface area contributed by atoms with E-state index in [9.17, 15) is 18.0 Å². The Kier molecular flexibility index (Phi) is 2.65. The Bertz CT molecular complexity index is 516. The first-order valence-corrected chi connectivity index (χ1v) is 5.26. The lowest BCUT2D eigenvalue weighted by Crippen LogP contribution is -2.26. The number of alkyl halides is 3. The van der Waals surface area contributed by atoms with Gasteiger partial charge < -0.3 is 9.64 Å². The van der Waals surface area contributed by atoms with Crippen LogP contribution in [-0.2, 0) is 17.4 Å². The van der Waals surface area contributed by atoms with E-state index in [0.717, 1.165) is 6.07 Å². The van der Waals surface area contributed by atoms with Crippen molar-refractivity contribution in [3.05, 3.63) is 23.3 Å². The summed E-state index contributed by atoms with van der Waals surface area (Å²) in [6, 6.07) is 2.24. The normalized spacial score (nSPS) is 15.3. The molecule has 1 heterocycles. The second-order valence-corrected chi connectivity index (χ2v) is 3.97. The molecule has 18 heavy (non-hydrogen) atoms. The van der Waals surface area contributed by atoms with Gasteiger partial charge >= 0.3 is 6.18 Å². The van der Waals surface area contributed by atoms with E-state index >= 15 is 0 Å². The standard InChI is InChI=1S/C12H12F3NO2/c1-7(17)16-4-3-8-5-11(18-2)9(6-10(8)16)12(13,14)15/h5-6H,3-4H2,1-2H3/i1D. The van der Waals surface area contributed by atoms with Crippen molar-refractivity contribution in [1.82, 2.24) is 0 Å². The number of carbonyl (C=O) groups excluding carboxylic acids is 1. The van der Waals surface area contributed by atoms with Gasteiger partial charge in [-0.3, -0.25) is 4.79 Å². The van der Waals surface area contributed by atoms with Crippen molar-refractivity contribution in [1.29, 1.82) is 0 Å². The van der Waals surface area contributed by atoms with Crippen LogP contribution in [0.4, 0.5) is 18.9 Å². The molecule has 0 saturated carbocycles. The fraction of sp³-hybridized carbons (Fsp3) is 0.417. The molecule has 1 aliphatic heterocycles. The Morgan fingerprint density at radius 3 is 2.78 bits per heavy atom. The second-order valence-electron chi connectivity index (χ2n) is 3.97. The maximum atomic E-state index is 12.9. The zero-order valence-electron chi connectivity index (χ0n) is 10.7. The van der Waals surface area contributed by atoms with Crippen molar-refractivity contribution < 1.29 is 24.1 Å². The smallest absolute Gasteiger partial charge is 0.420 e. The summed E-state index contributed by atoms with van der Waals surface area (Å²) in [5, 5.41) is 0. The summed E-state index contributed by atoms with van der Waals surface area (Å²) >= 11 is 0. The van der Waals surface area contributed by atoms with Crippen LogP contribution < -0.4 is 9.64 Å². The lowest BCUT2D eigenvalue weighted by atomic mass is 10.1. The molecule has 0 radical (unpaired) electrons. The number of halogens is 3. The predicted octanol–water partition coefficient (Wildman–Crippen LogP) is 2.62. The lowest BCUT2D eigenvalue weighted by molar-refractivity contribution is -0.138. The fourth-order valence-corrected chi connectivity index (χ4v) is 2.06. The van der Waals surface area contributed by atoms with Crippen LogP contribution >= 0.6 is 0 Å². The molecule has 0 unspecified atom stereocenters. The van der Waals surface area contributed by atoms with Gasteiger partial charge in [0.15, 0.2) is 0 Å². The molecular formula is C12H12F3NO2. The van der Waals surface area contributed by atoms with Crippen LogP contribution in [0.5, 0.6) is 5.75 Å². The maximum absolute atomic E-state index is 12.9. The summed E-state index contributed by atoms with van der Waals surface area (Å²) < 4.78 is 50.5. The van der Waals surface area contributed by atoms with Gasteiger partial charge in [0.1, 0.15) is 5.75 Å². The highest BCUT2D eigenvalue weighted by molar-refractivity contribution is 5.94. The first-order chi connectivity index (χ1) is 8.88. The topological polar surface area (TPSA) is 29.5 Å².